The van der Waals surface area contributed by atoms with Crippen LogP contribution in [0.3, 0.4) is 0 Å². The molecule has 2 aromatic rings. The van der Waals surface area contributed by atoms with Crippen molar-refractivity contribution in [2.45, 2.75) is 41.4 Å². The number of anilines is 1. The highest BCUT2D eigenvalue weighted by Crippen LogP contribution is 2.38. The smallest absolute Gasteiger partial charge is 0.233 e. The zero-order chi connectivity index (χ0) is 19.4. The van der Waals surface area contributed by atoms with E-state index in [4.69, 9.17) is 0 Å². The van der Waals surface area contributed by atoms with Gasteiger partial charge in [-0.05, 0) is 49.2 Å². The molecule has 0 aliphatic carbocycles. The molecule has 0 spiro atoms. The predicted molar refractivity (Wildman–Crippen MR) is 109 cm³/mol. The molecule has 27 heavy (non-hydrogen) atoms. The quantitative estimate of drug-likeness (QED) is 0.714. The van der Waals surface area contributed by atoms with Gasteiger partial charge in [0.05, 0.1) is 11.3 Å². The van der Waals surface area contributed by atoms with E-state index in [1.165, 1.54) is 36.5 Å². The molecule has 2 amide bonds. The van der Waals surface area contributed by atoms with Gasteiger partial charge in [0.15, 0.2) is 0 Å². The van der Waals surface area contributed by atoms with Crippen molar-refractivity contribution < 1.29 is 14.0 Å². The normalized spacial score (nSPS) is 16.9. The second-order valence-electron chi connectivity index (χ2n) is 6.32. The molecule has 0 aromatic heterocycles. The van der Waals surface area contributed by atoms with Gasteiger partial charge < -0.3 is 10.6 Å². The average Bonchev–Trinajstić information content (AvgIpc) is 2.64. The molecule has 0 saturated carbocycles. The van der Waals surface area contributed by atoms with E-state index in [0.717, 1.165) is 28.3 Å². The summed E-state index contributed by atoms with van der Waals surface area (Å²) in [6.45, 7) is 3.31. The predicted octanol–water partition coefficient (Wildman–Crippen LogP) is 4.62. The second kappa shape index (κ2) is 8.80. The zero-order valence-corrected chi connectivity index (χ0v) is 16.8. The average molecular weight is 405 g/mol. The van der Waals surface area contributed by atoms with E-state index in [-0.39, 0.29) is 28.9 Å². The van der Waals surface area contributed by atoms with Crippen molar-refractivity contribution in [2.75, 3.05) is 11.1 Å². The Hall–Kier alpha value is -1.99. The van der Waals surface area contributed by atoms with Gasteiger partial charge in [-0.2, -0.15) is 0 Å². The van der Waals surface area contributed by atoms with Gasteiger partial charge in [-0.3, -0.25) is 9.59 Å². The highest BCUT2D eigenvalue weighted by Gasteiger charge is 2.26. The molecule has 0 fully saturated rings. The second-order valence-corrected chi connectivity index (χ2v) is 8.84. The van der Waals surface area contributed by atoms with Gasteiger partial charge in [0.2, 0.25) is 11.8 Å². The Bertz CT molecular complexity index is 842. The number of nitrogens with one attached hydrogen (secondary N) is 2. The first kappa shape index (κ1) is 19.8. The van der Waals surface area contributed by atoms with E-state index in [2.05, 4.69) is 10.6 Å². The van der Waals surface area contributed by atoms with E-state index in [1.807, 2.05) is 37.3 Å². The largest absolute Gasteiger partial charge is 0.348 e. The van der Waals surface area contributed by atoms with Crippen LogP contribution in [0.2, 0.25) is 0 Å². The summed E-state index contributed by atoms with van der Waals surface area (Å²) in [6, 6.07) is 12.2. The molecule has 0 bridgehead atoms. The highest BCUT2D eigenvalue weighted by atomic mass is 32.2. The van der Waals surface area contributed by atoms with E-state index < -0.39 is 0 Å². The summed E-state index contributed by atoms with van der Waals surface area (Å²) in [7, 11) is 0. The van der Waals surface area contributed by atoms with Crippen molar-refractivity contribution >= 4 is 41.0 Å². The van der Waals surface area contributed by atoms with Crippen molar-refractivity contribution in [3.8, 4) is 0 Å². The Balaban J connectivity index is 1.62. The fourth-order valence-electron chi connectivity index (χ4n) is 2.90. The summed E-state index contributed by atoms with van der Waals surface area (Å²) >= 11 is 2.95. The summed E-state index contributed by atoms with van der Waals surface area (Å²) in [5, 5.41) is 5.49. The molecule has 142 valence electrons. The van der Waals surface area contributed by atoms with Crippen molar-refractivity contribution in [2.24, 2.45) is 0 Å². The zero-order valence-electron chi connectivity index (χ0n) is 15.1. The van der Waals surface area contributed by atoms with Crippen LogP contribution in [0.5, 0.6) is 0 Å². The Labute approximate surface area is 166 Å². The Kier molecular flexibility index (Phi) is 6.44. The molecular weight excluding hydrogens is 383 g/mol. The van der Waals surface area contributed by atoms with Crippen LogP contribution in [-0.2, 0) is 9.59 Å². The van der Waals surface area contributed by atoms with E-state index in [1.54, 1.807) is 6.07 Å². The van der Waals surface area contributed by atoms with E-state index in [0.29, 0.717) is 4.90 Å². The highest BCUT2D eigenvalue weighted by molar-refractivity contribution is 8.00. The first-order chi connectivity index (χ1) is 12.9. The molecule has 1 aliphatic rings. The van der Waals surface area contributed by atoms with Crippen LogP contribution in [0.25, 0.3) is 0 Å². The molecule has 2 N–H and O–H groups in total. The number of fused-ring (bicyclic) bond motifs is 1. The van der Waals surface area contributed by atoms with Crippen molar-refractivity contribution in [3.05, 3.63) is 53.8 Å². The maximum absolute atomic E-state index is 14.0. The van der Waals surface area contributed by atoms with Crippen LogP contribution in [-0.4, -0.2) is 22.8 Å². The van der Waals surface area contributed by atoms with Gasteiger partial charge in [0.25, 0.3) is 0 Å². The minimum absolute atomic E-state index is 0.0713. The third-order valence-electron chi connectivity index (χ3n) is 4.20. The molecule has 2 atom stereocenters. The number of amides is 2. The van der Waals surface area contributed by atoms with Gasteiger partial charge in [0.1, 0.15) is 5.82 Å². The minimum atomic E-state index is -0.289. The number of hydrogen-bond acceptors (Lipinski definition) is 4. The third-order valence-corrected chi connectivity index (χ3v) is 6.47. The van der Waals surface area contributed by atoms with Crippen molar-refractivity contribution in [1.29, 1.82) is 0 Å². The number of carbonyl (C=O) groups is 2. The van der Waals surface area contributed by atoms with Gasteiger partial charge in [-0.25, -0.2) is 4.39 Å². The number of benzene rings is 2. The molecule has 1 aliphatic heterocycles. The first-order valence-corrected chi connectivity index (χ1v) is 10.6. The lowest BCUT2D eigenvalue weighted by Crippen LogP contribution is -2.35. The summed E-state index contributed by atoms with van der Waals surface area (Å²) in [6.07, 6.45) is 0.787. The van der Waals surface area contributed by atoms with Gasteiger partial charge >= 0.3 is 0 Å². The maximum Gasteiger partial charge on any atom is 0.233 e. The lowest BCUT2D eigenvalue weighted by molar-refractivity contribution is -0.121. The molecule has 2 unspecified atom stereocenters. The van der Waals surface area contributed by atoms with E-state index in [9.17, 15) is 14.0 Å². The molecule has 0 radical (unpaired) electrons. The Morgan fingerprint density at radius 2 is 1.96 bits per heavy atom. The fraction of sp³-hybridized carbons (Fsp3) is 0.300. The standard InChI is InChI=1S/C20H21FN2O2S2/c1-12(27-15-8-6-14(7-9-15)22-13(2)24)20(25)23-18-10-11-26-19-16(18)4-3-5-17(19)21/h3-9,12,18H,10-11H2,1-2H3,(H,22,24)(H,23,25). The third kappa shape index (κ3) is 5.05. The van der Waals surface area contributed by atoms with Crippen LogP contribution in [0.15, 0.2) is 52.3 Å². The minimum Gasteiger partial charge on any atom is -0.348 e. The molecular formula is C20H21FN2O2S2. The molecule has 3 rings (SSSR count). The van der Waals surface area contributed by atoms with Crippen LogP contribution >= 0.6 is 23.5 Å². The number of rotatable bonds is 5. The van der Waals surface area contributed by atoms with Gasteiger partial charge in [0, 0.05) is 28.2 Å². The van der Waals surface area contributed by atoms with Gasteiger partial charge in [-0.1, -0.05) is 12.1 Å². The summed E-state index contributed by atoms with van der Waals surface area (Å²) in [4.78, 5) is 25.3. The first-order valence-electron chi connectivity index (χ1n) is 8.70. The van der Waals surface area contributed by atoms with Crippen LogP contribution in [0, 0.1) is 5.82 Å². The number of carbonyl (C=O) groups excluding carboxylic acids is 2. The number of thioether (sulfide) groups is 2. The lowest BCUT2D eigenvalue weighted by atomic mass is 10.0. The molecule has 4 nitrogen and oxygen atoms in total. The van der Waals surface area contributed by atoms with Crippen molar-refractivity contribution in [3.63, 3.8) is 0 Å². The topological polar surface area (TPSA) is 58.2 Å². The van der Waals surface area contributed by atoms with E-state index >= 15 is 0 Å². The molecule has 0 saturated heterocycles. The lowest BCUT2D eigenvalue weighted by Gasteiger charge is -2.27. The van der Waals surface area contributed by atoms with Crippen LogP contribution in [0.1, 0.15) is 31.9 Å². The summed E-state index contributed by atoms with van der Waals surface area (Å²) < 4.78 is 14.0. The maximum atomic E-state index is 14.0. The van der Waals surface area contributed by atoms with Crippen LogP contribution in [0.4, 0.5) is 10.1 Å². The van der Waals surface area contributed by atoms with Crippen molar-refractivity contribution in [1.82, 2.24) is 5.32 Å². The molecule has 7 heteroatoms. The Morgan fingerprint density at radius 1 is 1.22 bits per heavy atom. The number of hydrogen-bond donors (Lipinski definition) is 2. The Morgan fingerprint density at radius 3 is 2.67 bits per heavy atom. The fourth-order valence-corrected chi connectivity index (χ4v) is 4.92. The molecule has 1 heterocycles. The molecule has 2 aromatic carbocycles. The van der Waals surface area contributed by atoms with Crippen LogP contribution < -0.4 is 10.6 Å². The SMILES string of the molecule is CC(=O)Nc1ccc(SC(C)C(=O)NC2CCSc3c(F)cccc32)cc1. The number of halogens is 1. The monoisotopic (exact) mass is 404 g/mol. The summed E-state index contributed by atoms with van der Waals surface area (Å²) in [5.74, 6) is 0.368. The van der Waals surface area contributed by atoms with Gasteiger partial charge in [-0.15, -0.1) is 23.5 Å². The summed E-state index contributed by atoms with van der Waals surface area (Å²) in [5.41, 5.74) is 1.58.